The van der Waals surface area contributed by atoms with Gasteiger partial charge in [-0.2, -0.15) is 13.2 Å². The molecule has 2 aliphatic rings. The van der Waals surface area contributed by atoms with Gasteiger partial charge >= 0.3 is 12.5 Å². The SMILES string of the molecule is N=S(=O)(NC1CNCC(N2c3ccccc3Sc3cc(C(F)(F)F)ccc32)C1O)c1ccc(OC(F)(F)F)cc1. The molecule has 2 aliphatic heterocycles. The quantitative estimate of drug-likeness (QED) is 0.287. The monoisotopic (exact) mass is 604 g/mol. The van der Waals surface area contributed by atoms with E-state index in [0.717, 1.165) is 36.4 Å². The van der Waals surface area contributed by atoms with Crippen molar-refractivity contribution in [1.82, 2.24) is 10.0 Å². The van der Waals surface area contributed by atoms with Gasteiger partial charge in [0.15, 0.2) is 0 Å². The number of aliphatic hydroxyl groups is 1. The van der Waals surface area contributed by atoms with E-state index in [-0.39, 0.29) is 18.0 Å². The topological polar surface area (TPSA) is 97.7 Å². The Kier molecular flexibility index (Phi) is 7.46. The maximum atomic E-state index is 13.4. The fourth-order valence-corrected chi connectivity index (χ4v) is 7.10. The Morgan fingerprint density at radius 2 is 1.65 bits per heavy atom. The molecule has 15 heteroatoms. The van der Waals surface area contributed by atoms with Crippen molar-refractivity contribution in [3.8, 4) is 5.75 Å². The number of benzene rings is 3. The molecule has 1 saturated heterocycles. The van der Waals surface area contributed by atoms with Gasteiger partial charge in [0.05, 0.1) is 40.0 Å². The average Bonchev–Trinajstić information content (AvgIpc) is 2.87. The first-order valence-electron chi connectivity index (χ1n) is 11.8. The maximum absolute atomic E-state index is 13.4. The normalized spacial score (nSPS) is 22.7. The summed E-state index contributed by atoms with van der Waals surface area (Å²) in [6.07, 6.45) is -10.7. The molecule has 7 nitrogen and oxygen atoms in total. The number of para-hydroxylation sites is 1. The van der Waals surface area contributed by atoms with E-state index in [1.165, 1.54) is 17.8 Å². The predicted molar refractivity (Wildman–Crippen MR) is 136 cm³/mol. The minimum Gasteiger partial charge on any atom is -0.406 e. The van der Waals surface area contributed by atoms with Crippen LogP contribution in [0.15, 0.2) is 81.4 Å². The van der Waals surface area contributed by atoms with Crippen molar-refractivity contribution >= 4 is 33.1 Å². The molecule has 3 aromatic carbocycles. The smallest absolute Gasteiger partial charge is 0.406 e. The third-order valence-electron chi connectivity index (χ3n) is 6.45. The third-order valence-corrected chi connectivity index (χ3v) is 9.14. The molecule has 0 aliphatic carbocycles. The number of aliphatic hydroxyl groups excluding tert-OH is 1. The van der Waals surface area contributed by atoms with E-state index in [9.17, 15) is 35.7 Å². The first-order chi connectivity index (χ1) is 18.7. The van der Waals surface area contributed by atoms with Gasteiger partial charge in [0.25, 0.3) is 0 Å². The van der Waals surface area contributed by atoms with E-state index in [0.29, 0.717) is 21.2 Å². The van der Waals surface area contributed by atoms with Crippen LogP contribution in [0.25, 0.3) is 0 Å². The van der Waals surface area contributed by atoms with Gasteiger partial charge in [-0.05, 0) is 54.6 Å². The number of alkyl halides is 6. The van der Waals surface area contributed by atoms with Gasteiger partial charge in [0, 0.05) is 22.9 Å². The van der Waals surface area contributed by atoms with Crippen LogP contribution in [-0.2, 0) is 16.1 Å². The van der Waals surface area contributed by atoms with Gasteiger partial charge in [-0.3, -0.25) is 0 Å². The van der Waals surface area contributed by atoms with Gasteiger partial charge < -0.3 is 20.1 Å². The summed E-state index contributed by atoms with van der Waals surface area (Å²) in [6, 6.07) is 12.8. The van der Waals surface area contributed by atoms with Crippen LogP contribution < -0.4 is 19.7 Å². The largest absolute Gasteiger partial charge is 0.573 e. The summed E-state index contributed by atoms with van der Waals surface area (Å²) in [5.41, 5.74) is 0.314. The molecule has 0 bridgehead atoms. The highest BCUT2D eigenvalue weighted by atomic mass is 32.2. The van der Waals surface area contributed by atoms with Crippen LogP contribution in [0.1, 0.15) is 5.56 Å². The summed E-state index contributed by atoms with van der Waals surface area (Å²) in [5.74, 6) is -0.542. The third kappa shape index (κ3) is 5.88. The minimum atomic E-state index is -4.91. The van der Waals surface area contributed by atoms with E-state index in [4.69, 9.17) is 4.78 Å². The van der Waals surface area contributed by atoms with Gasteiger partial charge in [0.2, 0.25) is 0 Å². The maximum Gasteiger partial charge on any atom is 0.573 e. The first-order valence-corrected chi connectivity index (χ1v) is 14.2. The lowest BCUT2D eigenvalue weighted by molar-refractivity contribution is -0.274. The Morgan fingerprint density at radius 3 is 2.33 bits per heavy atom. The lowest BCUT2D eigenvalue weighted by Crippen LogP contribution is -2.64. The molecule has 4 unspecified atom stereocenters. The zero-order chi connectivity index (χ0) is 28.9. The molecule has 0 amide bonds. The number of ether oxygens (including phenoxy) is 1. The van der Waals surface area contributed by atoms with Gasteiger partial charge in [-0.25, -0.2) is 13.7 Å². The van der Waals surface area contributed by atoms with Crippen molar-refractivity contribution in [3.63, 3.8) is 0 Å². The second-order valence-corrected chi connectivity index (χ2v) is 12.0. The molecule has 40 heavy (non-hydrogen) atoms. The highest BCUT2D eigenvalue weighted by molar-refractivity contribution is 7.99. The van der Waals surface area contributed by atoms with E-state index in [2.05, 4.69) is 14.8 Å². The van der Waals surface area contributed by atoms with Crippen LogP contribution >= 0.6 is 11.8 Å². The summed E-state index contributed by atoms with van der Waals surface area (Å²) in [6.45, 7) is 0.328. The first kappa shape index (κ1) is 28.5. The van der Waals surface area contributed by atoms with Crippen molar-refractivity contribution in [2.24, 2.45) is 0 Å². The molecule has 5 rings (SSSR count). The number of hydrogen-bond acceptors (Lipinski definition) is 7. The van der Waals surface area contributed by atoms with Gasteiger partial charge in [0.1, 0.15) is 15.7 Å². The zero-order valence-electron chi connectivity index (χ0n) is 20.3. The number of rotatable bonds is 5. The standard InChI is InChI=1S/C25H22F6N4O3S2/c26-24(27,28)14-5-10-19-22(11-14)39-21-4-2-1-3-18(21)35(19)20-13-33-12-17(23(20)36)34-40(32,37)16-8-6-15(7-9-16)38-25(29,30)31/h1-11,17,20,23,33,36H,12-13H2,(H2,32,34,37). The Morgan fingerprint density at radius 1 is 0.975 bits per heavy atom. The fraction of sp³-hybridized carbons (Fsp3) is 0.280. The van der Waals surface area contributed by atoms with Gasteiger partial charge in [-0.1, -0.05) is 23.9 Å². The van der Waals surface area contributed by atoms with Crippen molar-refractivity contribution in [3.05, 3.63) is 72.3 Å². The number of fused-ring (bicyclic) bond motifs is 2. The Labute approximate surface area is 229 Å². The van der Waals surface area contributed by atoms with Gasteiger partial charge in [-0.15, -0.1) is 13.2 Å². The molecule has 3 aromatic rings. The number of hydrogen-bond donors (Lipinski definition) is 4. The second-order valence-electron chi connectivity index (χ2n) is 9.14. The molecular formula is C25H22F6N4O3S2. The van der Waals surface area contributed by atoms with Crippen LogP contribution in [0.5, 0.6) is 5.75 Å². The number of nitrogens with zero attached hydrogens (tertiary/aromatic N) is 1. The van der Waals surface area contributed by atoms with E-state index in [1.54, 1.807) is 29.2 Å². The van der Waals surface area contributed by atoms with Crippen molar-refractivity contribution in [2.75, 3.05) is 18.0 Å². The number of halogens is 6. The average molecular weight is 605 g/mol. The van der Waals surface area contributed by atoms with Crippen LogP contribution in [0.3, 0.4) is 0 Å². The zero-order valence-corrected chi connectivity index (χ0v) is 21.9. The number of anilines is 2. The summed E-state index contributed by atoms with van der Waals surface area (Å²) >= 11 is 1.18. The Balaban J connectivity index is 1.42. The van der Waals surface area contributed by atoms with Crippen molar-refractivity contribution in [2.45, 2.75) is 45.4 Å². The van der Waals surface area contributed by atoms with E-state index < -0.39 is 52.0 Å². The van der Waals surface area contributed by atoms with Crippen molar-refractivity contribution < 1.29 is 40.4 Å². The minimum absolute atomic E-state index is 0.104. The fourth-order valence-electron chi connectivity index (χ4n) is 4.69. The van der Waals surface area contributed by atoms with E-state index >= 15 is 0 Å². The number of piperidine rings is 1. The molecular weight excluding hydrogens is 582 g/mol. The molecule has 2 heterocycles. The Hall–Kier alpha value is -2.98. The lowest BCUT2D eigenvalue weighted by Gasteiger charge is -2.45. The number of nitrogens with one attached hydrogen (secondary N) is 3. The lowest BCUT2D eigenvalue weighted by atomic mass is 9.96. The molecule has 0 aromatic heterocycles. The van der Waals surface area contributed by atoms with Crippen LogP contribution in [0.2, 0.25) is 0 Å². The van der Waals surface area contributed by atoms with Crippen LogP contribution in [-0.4, -0.2) is 47.0 Å². The van der Waals surface area contributed by atoms with Crippen molar-refractivity contribution in [1.29, 1.82) is 4.78 Å². The highest BCUT2D eigenvalue weighted by Crippen LogP contribution is 2.50. The summed E-state index contributed by atoms with van der Waals surface area (Å²) in [7, 11) is -3.78. The molecule has 214 valence electrons. The highest BCUT2D eigenvalue weighted by Gasteiger charge is 2.41. The molecule has 0 saturated carbocycles. The summed E-state index contributed by atoms with van der Waals surface area (Å²) in [4.78, 5) is 2.64. The molecule has 0 radical (unpaired) electrons. The van der Waals surface area contributed by atoms with Crippen LogP contribution in [0.4, 0.5) is 37.7 Å². The second kappa shape index (κ2) is 10.4. The predicted octanol–water partition coefficient (Wildman–Crippen LogP) is 5.52. The summed E-state index contributed by atoms with van der Waals surface area (Å²) < 4.78 is 106. The Bertz CT molecular complexity index is 1500. The summed E-state index contributed by atoms with van der Waals surface area (Å²) in [5, 5.41) is 14.5. The molecule has 0 spiro atoms. The molecule has 1 fully saturated rings. The molecule has 4 N–H and O–H groups in total. The molecule has 4 atom stereocenters. The van der Waals surface area contributed by atoms with E-state index in [1.807, 2.05) is 0 Å². The van der Waals surface area contributed by atoms with Crippen LogP contribution in [0, 0.1) is 4.78 Å².